The number of rotatable bonds is 7. The first-order chi connectivity index (χ1) is 24.6. The fourth-order valence-corrected chi connectivity index (χ4v) is 8.30. The second kappa shape index (κ2) is 12.4. The van der Waals surface area contributed by atoms with Gasteiger partial charge >= 0.3 is 6.18 Å². The fourth-order valence-electron chi connectivity index (χ4n) is 8.30. The van der Waals surface area contributed by atoms with Crippen molar-refractivity contribution < 1.29 is 23.4 Å². The number of fused-ring (bicyclic) bond motifs is 2. The van der Waals surface area contributed by atoms with Gasteiger partial charge in [0, 0.05) is 35.7 Å². The first kappa shape index (κ1) is 32.8. The predicted molar refractivity (Wildman–Crippen MR) is 192 cm³/mol. The largest absolute Gasteiger partial charge is 0.433 e. The molecule has 0 radical (unpaired) electrons. The van der Waals surface area contributed by atoms with Crippen LogP contribution in [0, 0.1) is 5.92 Å². The number of nitrogens with one attached hydrogen (secondary N) is 1. The highest BCUT2D eigenvalue weighted by molar-refractivity contribution is 5.83. The van der Waals surface area contributed by atoms with Gasteiger partial charge in [0.15, 0.2) is 0 Å². The normalized spacial score (nSPS) is 23.8. The molecule has 1 aliphatic heterocycles. The van der Waals surface area contributed by atoms with Gasteiger partial charge in [0.1, 0.15) is 5.69 Å². The topological polar surface area (TPSA) is 81.5 Å². The minimum absolute atomic E-state index is 0.214. The van der Waals surface area contributed by atoms with E-state index in [1.807, 2.05) is 61.7 Å². The predicted octanol–water partition coefficient (Wildman–Crippen LogP) is 7.53. The summed E-state index contributed by atoms with van der Waals surface area (Å²) in [4.78, 5) is 15.7. The Morgan fingerprint density at radius 2 is 1.37 bits per heavy atom. The highest BCUT2D eigenvalue weighted by Gasteiger charge is 2.56. The Hall–Kier alpha value is -5.38. The van der Waals surface area contributed by atoms with Crippen molar-refractivity contribution in [2.75, 3.05) is 11.9 Å². The first-order valence-corrected chi connectivity index (χ1v) is 17.0. The summed E-state index contributed by atoms with van der Waals surface area (Å²) in [6.07, 6.45) is -4.82. The van der Waals surface area contributed by atoms with Crippen LogP contribution in [0.2, 0.25) is 0 Å². The Kier molecular flexibility index (Phi) is 8.00. The lowest BCUT2D eigenvalue weighted by Crippen LogP contribution is -2.55. The zero-order valence-corrected chi connectivity index (χ0v) is 27.8. The fraction of sp³-hybridized carbons (Fsp3) is 0.214. The molecule has 3 atom stereocenters. The Morgan fingerprint density at radius 3 is 2.08 bits per heavy atom. The van der Waals surface area contributed by atoms with E-state index in [0.717, 1.165) is 43.5 Å². The lowest BCUT2D eigenvalue weighted by Gasteiger charge is -2.46. The van der Waals surface area contributed by atoms with Crippen LogP contribution in [0.25, 0.3) is 16.5 Å². The molecule has 2 heterocycles. The number of halogens is 3. The maximum Gasteiger partial charge on any atom is 0.433 e. The number of aliphatic hydroxyl groups excluding tert-OH is 2. The van der Waals surface area contributed by atoms with Crippen LogP contribution in [-0.4, -0.2) is 39.2 Å². The Balaban J connectivity index is 1.24. The summed E-state index contributed by atoms with van der Waals surface area (Å²) in [5.41, 5.74) is 1.71. The summed E-state index contributed by atoms with van der Waals surface area (Å²) in [5.74, 6) is -2.38. The summed E-state index contributed by atoms with van der Waals surface area (Å²) in [5, 5.41) is 27.8. The number of anilines is 1. The van der Waals surface area contributed by atoms with E-state index >= 15 is 0 Å². The number of likely N-dealkylation sites (N-methyl/N-ethyl adjacent to an activating group) is 1. The molecule has 6 aromatic rings. The molecule has 0 spiro atoms. The Bertz CT molecular complexity index is 2300. The number of allylic oxidation sites excluding steroid dienone is 1. The van der Waals surface area contributed by atoms with E-state index in [4.69, 9.17) is 0 Å². The molecule has 3 N–H and O–H groups in total. The van der Waals surface area contributed by atoms with E-state index in [1.165, 1.54) is 12.1 Å². The van der Waals surface area contributed by atoms with Crippen molar-refractivity contribution in [2.45, 2.75) is 42.6 Å². The molecule has 9 heteroatoms. The zero-order chi connectivity index (χ0) is 35.5. The number of benzene rings is 5. The monoisotopic (exact) mass is 687 g/mol. The molecule has 8 rings (SSSR count). The van der Waals surface area contributed by atoms with Crippen LogP contribution in [0.15, 0.2) is 144 Å². The highest BCUT2D eigenvalue weighted by atomic mass is 19.4. The Labute approximate surface area is 292 Å². The van der Waals surface area contributed by atoms with Gasteiger partial charge in [-0.3, -0.25) is 9.89 Å². The number of para-hydroxylation sites is 2. The smallest absolute Gasteiger partial charge is 0.392 e. The molecule has 2 aliphatic rings. The van der Waals surface area contributed by atoms with E-state index < -0.39 is 52.5 Å². The number of aliphatic hydroxyl groups is 2. The molecule has 0 bridgehead atoms. The molecular formula is C42H36F3N3O3. The molecule has 0 saturated heterocycles. The molecule has 258 valence electrons. The third kappa shape index (κ3) is 5.48. The van der Waals surface area contributed by atoms with Crippen LogP contribution >= 0.6 is 0 Å². The number of hydrogen-bond donors (Lipinski definition) is 3. The van der Waals surface area contributed by atoms with E-state index in [-0.39, 0.29) is 5.69 Å². The minimum Gasteiger partial charge on any atom is -0.392 e. The second-order valence-electron chi connectivity index (χ2n) is 13.7. The van der Waals surface area contributed by atoms with Gasteiger partial charge in [-0.15, -0.1) is 0 Å². The third-order valence-corrected chi connectivity index (χ3v) is 10.7. The van der Waals surface area contributed by atoms with Crippen molar-refractivity contribution in [3.05, 3.63) is 177 Å². The number of aromatic nitrogens is 2. The van der Waals surface area contributed by atoms with Crippen LogP contribution in [-0.2, 0) is 24.4 Å². The molecule has 5 aromatic carbocycles. The second-order valence-corrected chi connectivity index (χ2v) is 13.7. The van der Waals surface area contributed by atoms with Crippen molar-refractivity contribution >= 4 is 16.5 Å². The van der Waals surface area contributed by atoms with Gasteiger partial charge in [-0.1, -0.05) is 115 Å². The molecule has 1 fully saturated rings. The molecular weight excluding hydrogens is 651 g/mol. The summed E-state index contributed by atoms with van der Waals surface area (Å²) < 4.78 is 44.0. The average molecular weight is 688 g/mol. The summed E-state index contributed by atoms with van der Waals surface area (Å²) in [6, 6.07) is 40.7. The van der Waals surface area contributed by atoms with E-state index in [0.29, 0.717) is 12.8 Å². The lowest BCUT2D eigenvalue weighted by molar-refractivity contribution is -0.145. The molecule has 0 amide bonds. The number of H-pyrrole nitrogens is 1. The SMILES string of the molecule is CN1C(=CC2C(O)C(c3c(C(F)(F)F)[nH]n(-c4ccccc4)c3=O)C2O)C(Cc2ccccc2)(Cc2ccc3ccccc3c2)c2ccccc21. The van der Waals surface area contributed by atoms with Crippen molar-refractivity contribution in [3.63, 3.8) is 0 Å². The molecule has 6 nitrogen and oxygen atoms in total. The van der Waals surface area contributed by atoms with Crippen molar-refractivity contribution in [2.24, 2.45) is 5.92 Å². The van der Waals surface area contributed by atoms with E-state index in [1.54, 1.807) is 18.2 Å². The highest BCUT2D eigenvalue weighted by Crippen LogP contribution is 2.54. The number of aromatic amines is 1. The molecule has 1 saturated carbocycles. The van der Waals surface area contributed by atoms with Gasteiger partial charge in [-0.2, -0.15) is 13.2 Å². The molecule has 3 unspecified atom stereocenters. The van der Waals surface area contributed by atoms with Crippen molar-refractivity contribution in [3.8, 4) is 5.69 Å². The lowest BCUT2D eigenvalue weighted by atomic mass is 9.63. The van der Waals surface area contributed by atoms with Gasteiger partial charge in [0.05, 0.1) is 23.5 Å². The molecule has 1 aromatic heterocycles. The first-order valence-electron chi connectivity index (χ1n) is 17.0. The maximum absolute atomic E-state index is 14.4. The maximum atomic E-state index is 14.4. The van der Waals surface area contributed by atoms with Crippen LogP contribution in [0.5, 0.6) is 0 Å². The number of alkyl halides is 3. The van der Waals surface area contributed by atoms with Crippen molar-refractivity contribution in [1.29, 1.82) is 0 Å². The quantitative estimate of drug-likeness (QED) is 0.162. The average Bonchev–Trinajstić information content (AvgIpc) is 3.59. The van der Waals surface area contributed by atoms with E-state index in [9.17, 15) is 28.2 Å². The van der Waals surface area contributed by atoms with E-state index in [2.05, 4.69) is 58.5 Å². The number of hydrogen-bond acceptors (Lipinski definition) is 4. The van der Waals surface area contributed by atoms with Crippen LogP contribution in [0.1, 0.15) is 33.9 Å². The summed E-state index contributed by atoms with van der Waals surface area (Å²) >= 11 is 0. The van der Waals surface area contributed by atoms with Crippen molar-refractivity contribution in [1.82, 2.24) is 9.78 Å². The van der Waals surface area contributed by atoms with Gasteiger partial charge in [0.2, 0.25) is 0 Å². The number of nitrogens with zero attached hydrogens (tertiary/aromatic N) is 2. The van der Waals surface area contributed by atoms with Gasteiger partial charge in [0.25, 0.3) is 5.56 Å². The van der Waals surface area contributed by atoms with Gasteiger partial charge in [-0.05, 0) is 58.5 Å². The standard InChI is InChI=1S/C42H36F3N3O3/c1-47-33-19-11-10-18-32(33)41(24-26-12-4-2-5-13-26,25-27-20-21-28-14-8-9-15-29(28)22-27)34(47)23-31-37(49)35(38(31)50)36-39(42(43,44)45)46-48(40(36)51)30-16-6-3-7-17-30/h2-23,31,35,37-38,46,49-50H,24-25H2,1H3. The van der Waals surface area contributed by atoms with Gasteiger partial charge < -0.3 is 15.1 Å². The van der Waals surface area contributed by atoms with Crippen LogP contribution in [0.3, 0.4) is 0 Å². The zero-order valence-electron chi connectivity index (χ0n) is 27.8. The van der Waals surface area contributed by atoms with Gasteiger partial charge in [-0.25, -0.2) is 4.68 Å². The summed E-state index contributed by atoms with van der Waals surface area (Å²) in [7, 11) is 1.94. The van der Waals surface area contributed by atoms with Crippen LogP contribution in [0.4, 0.5) is 18.9 Å². The summed E-state index contributed by atoms with van der Waals surface area (Å²) in [6.45, 7) is 0. The van der Waals surface area contributed by atoms with Crippen LogP contribution < -0.4 is 10.5 Å². The molecule has 51 heavy (non-hydrogen) atoms. The Morgan fingerprint density at radius 1 is 0.765 bits per heavy atom. The minimum atomic E-state index is -4.92. The molecule has 1 aliphatic carbocycles. The third-order valence-electron chi connectivity index (χ3n) is 10.7.